The second-order valence-electron chi connectivity index (χ2n) is 6.10. The van der Waals surface area contributed by atoms with Gasteiger partial charge in [0.15, 0.2) is 0 Å². The molecule has 0 radical (unpaired) electrons. The fourth-order valence-electron chi connectivity index (χ4n) is 2.89. The Labute approximate surface area is 134 Å². The van der Waals surface area contributed by atoms with Crippen molar-refractivity contribution in [1.29, 1.82) is 0 Å². The van der Waals surface area contributed by atoms with Gasteiger partial charge in [0, 0.05) is 18.2 Å². The summed E-state index contributed by atoms with van der Waals surface area (Å²) in [7, 11) is 0. The second-order valence-corrected chi connectivity index (χ2v) is 6.10. The summed E-state index contributed by atoms with van der Waals surface area (Å²) in [6.45, 7) is 1.84. The Morgan fingerprint density at radius 1 is 1.30 bits per heavy atom. The van der Waals surface area contributed by atoms with Crippen LogP contribution >= 0.6 is 0 Å². The Bertz CT molecular complexity index is 609. The highest BCUT2D eigenvalue weighted by atomic mass is 16.5. The first kappa shape index (κ1) is 17.9. The topological polar surface area (TPSA) is 105 Å². The number of hydrogen-bond donors (Lipinski definition) is 3. The van der Waals surface area contributed by atoms with Gasteiger partial charge in [0.1, 0.15) is 12.3 Å². The van der Waals surface area contributed by atoms with E-state index in [0.29, 0.717) is 12.0 Å². The summed E-state index contributed by atoms with van der Waals surface area (Å²) in [5.41, 5.74) is -0.369. The average Bonchev–Trinajstić information content (AvgIpc) is 2.89. The van der Waals surface area contributed by atoms with Crippen LogP contribution in [0.4, 0.5) is 0 Å². The van der Waals surface area contributed by atoms with Crippen LogP contribution in [0.2, 0.25) is 0 Å². The van der Waals surface area contributed by atoms with Gasteiger partial charge in [-0.15, -0.1) is 0 Å². The maximum absolute atomic E-state index is 12.0. The lowest BCUT2D eigenvalue weighted by atomic mass is 10.1. The first-order valence-corrected chi connectivity index (χ1v) is 8.35. The molecule has 2 rings (SSSR count). The van der Waals surface area contributed by atoms with Crippen LogP contribution in [0.1, 0.15) is 57.2 Å². The van der Waals surface area contributed by atoms with Crippen LogP contribution in [0.25, 0.3) is 0 Å². The summed E-state index contributed by atoms with van der Waals surface area (Å²) in [5.74, 6) is 0. The number of aryl methyl sites for hydroxylation is 1. The first-order valence-electron chi connectivity index (χ1n) is 8.35. The summed E-state index contributed by atoms with van der Waals surface area (Å²) < 4.78 is 6.79. The van der Waals surface area contributed by atoms with Crippen molar-refractivity contribution in [2.24, 2.45) is 0 Å². The van der Waals surface area contributed by atoms with Crippen molar-refractivity contribution in [1.82, 2.24) is 9.55 Å². The highest BCUT2D eigenvalue weighted by molar-refractivity contribution is 5.05. The Morgan fingerprint density at radius 2 is 2.04 bits per heavy atom. The fourth-order valence-corrected chi connectivity index (χ4v) is 2.89. The lowest BCUT2D eigenvalue weighted by Crippen LogP contribution is -2.34. The van der Waals surface area contributed by atoms with Gasteiger partial charge < -0.3 is 14.9 Å². The molecule has 7 heteroatoms. The molecule has 2 heterocycles. The van der Waals surface area contributed by atoms with Crippen molar-refractivity contribution in [3.05, 3.63) is 32.6 Å². The zero-order valence-corrected chi connectivity index (χ0v) is 13.5. The van der Waals surface area contributed by atoms with Crippen LogP contribution in [-0.2, 0) is 11.2 Å². The number of nitrogens with zero attached hydrogens (tertiary/aromatic N) is 1. The Hall–Kier alpha value is -1.44. The van der Waals surface area contributed by atoms with Gasteiger partial charge in [-0.2, -0.15) is 0 Å². The summed E-state index contributed by atoms with van der Waals surface area (Å²) >= 11 is 0. The van der Waals surface area contributed by atoms with Gasteiger partial charge in [0.05, 0.1) is 12.7 Å². The summed E-state index contributed by atoms with van der Waals surface area (Å²) in [6.07, 6.45) is 5.62. The molecule has 130 valence electrons. The molecular formula is C16H26N2O5. The number of aliphatic hydroxyl groups excluding tert-OH is 2. The molecule has 0 saturated carbocycles. The molecule has 1 saturated heterocycles. The molecule has 0 aromatic carbocycles. The van der Waals surface area contributed by atoms with Crippen molar-refractivity contribution in [2.45, 2.75) is 70.3 Å². The summed E-state index contributed by atoms with van der Waals surface area (Å²) in [4.78, 5) is 26.2. The van der Waals surface area contributed by atoms with Crippen LogP contribution in [0.15, 0.2) is 15.8 Å². The van der Waals surface area contributed by atoms with E-state index in [9.17, 15) is 14.7 Å². The zero-order valence-electron chi connectivity index (χ0n) is 13.5. The van der Waals surface area contributed by atoms with Crippen molar-refractivity contribution in [2.75, 3.05) is 6.61 Å². The molecule has 0 amide bonds. The molecule has 1 aromatic heterocycles. The molecule has 3 N–H and O–H groups in total. The largest absolute Gasteiger partial charge is 0.394 e. The van der Waals surface area contributed by atoms with Crippen molar-refractivity contribution in [3.8, 4) is 0 Å². The molecule has 1 aliphatic heterocycles. The minimum absolute atomic E-state index is 0.215. The number of H-pyrrole nitrogens is 1. The third-order valence-electron chi connectivity index (χ3n) is 4.29. The van der Waals surface area contributed by atoms with Crippen LogP contribution < -0.4 is 11.2 Å². The molecule has 0 aliphatic carbocycles. The number of rotatable bonds is 8. The highest BCUT2D eigenvalue weighted by Crippen LogP contribution is 2.27. The third-order valence-corrected chi connectivity index (χ3v) is 4.29. The lowest BCUT2D eigenvalue weighted by Gasteiger charge is -2.15. The monoisotopic (exact) mass is 326 g/mol. The van der Waals surface area contributed by atoms with Crippen molar-refractivity contribution >= 4 is 0 Å². The maximum atomic E-state index is 12.0. The average molecular weight is 326 g/mol. The molecule has 0 spiro atoms. The van der Waals surface area contributed by atoms with Gasteiger partial charge in [-0.25, -0.2) is 4.79 Å². The fraction of sp³-hybridized carbons (Fsp3) is 0.750. The van der Waals surface area contributed by atoms with Gasteiger partial charge in [-0.05, 0) is 12.8 Å². The van der Waals surface area contributed by atoms with Gasteiger partial charge in [-0.1, -0.05) is 32.6 Å². The number of hydrogen-bond acceptors (Lipinski definition) is 5. The predicted octanol–water partition coefficient (Wildman–Crippen LogP) is 0.690. The van der Waals surface area contributed by atoms with Crippen LogP contribution in [0.3, 0.4) is 0 Å². The number of unbranched alkanes of at least 4 members (excludes halogenated alkanes) is 4. The van der Waals surface area contributed by atoms with E-state index in [-0.39, 0.29) is 18.6 Å². The molecule has 1 fully saturated rings. The van der Waals surface area contributed by atoms with Gasteiger partial charge >= 0.3 is 5.69 Å². The van der Waals surface area contributed by atoms with E-state index in [1.807, 2.05) is 0 Å². The molecule has 0 unspecified atom stereocenters. The number of aromatic nitrogens is 2. The normalized spacial score (nSPS) is 24.2. The van der Waals surface area contributed by atoms with Gasteiger partial charge in [-0.3, -0.25) is 14.3 Å². The quantitative estimate of drug-likeness (QED) is 0.610. The number of nitrogens with one attached hydrogen (secondary N) is 1. The third kappa shape index (κ3) is 4.53. The van der Waals surface area contributed by atoms with E-state index in [0.717, 1.165) is 19.3 Å². The Morgan fingerprint density at radius 3 is 2.70 bits per heavy atom. The van der Waals surface area contributed by atoms with Crippen molar-refractivity contribution in [3.63, 3.8) is 0 Å². The molecular weight excluding hydrogens is 300 g/mol. The maximum Gasteiger partial charge on any atom is 0.330 e. The second kappa shape index (κ2) is 8.42. The predicted molar refractivity (Wildman–Crippen MR) is 85.4 cm³/mol. The van der Waals surface area contributed by atoms with E-state index in [4.69, 9.17) is 9.84 Å². The molecule has 1 aliphatic rings. The first-order chi connectivity index (χ1) is 11.1. The zero-order chi connectivity index (χ0) is 16.8. The number of ether oxygens (including phenoxy) is 1. The molecule has 0 bridgehead atoms. The van der Waals surface area contributed by atoms with E-state index in [1.165, 1.54) is 23.6 Å². The van der Waals surface area contributed by atoms with Crippen LogP contribution in [0.5, 0.6) is 0 Å². The minimum Gasteiger partial charge on any atom is -0.394 e. The minimum atomic E-state index is -0.818. The molecule has 7 nitrogen and oxygen atoms in total. The highest BCUT2D eigenvalue weighted by Gasteiger charge is 2.35. The van der Waals surface area contributed by atoms with Gasteiger partial charge in [0.25, 0.3) is 5.56 Å². The summed E-state index contributed by atoms with van der Waals surface area (Å²) in [5, 5.41) is 18.9. The molecule has 3 atom stereocenters. The number of aliphatic hydroxyl groups is 2. The number of aromatic amines is 1. The molecule has 23 heavy (non-hydrogen) atoms. The lowest BCUT2D eigenvalue weighted by molar-refractivity contribution is -0.0460. The van der Waals surface area contributed by atoms with E-state index < -0.39 is 24.1 Å². The summed E-state index contributed by atoms with van der Waals surface area (Å²) in [6, 6.07) is 0. The SMILES string of the molecule is CCCCCCCc1cn([C@H]2C[C@H](O)[C@@H](CO)O2)c(=O)[nH]c1=O. The van der Waals surface area contributed by atoms with Crippen LogP contribution in [0, 0.1) is 0 Å². The molecule has 1 aromatic rings. The smallest absolute Gasteiger partial charge is 0.330 e. The Kier molecular flexibility index (Phi) is 6.56. The van der Waals surface area contributed by atoms with E-state index in [1.54, 1.807) is 0 Å². The Balaban J connectivity index is 2.08. The van der Waals surface area contributed by atoms with E-state index >= 15 is 0 Å². The van der Waals surface area contributed by atoms with Crippen LogP contribution in [-0.4, -0.2) is 38.6 Å². The van der Waals surface area contributed by atoms with Crippen molar-refractivity contribution < 1.29 is 14.9 Å². The standard InChI is InChI=1S/C16H26N2O5/c1-2-3-4-5-6-7-11-9-18(16(22)17-15(11)21)14-8-12(20)13(10-19)23-14/h9,12-14,19-20H,2-8,10H2,1H3,(H,17,21,22)/t12-,13+,14+/m0/s1. The van der Waals surface area contributed by atoms with Gasteiger partial charge in [0.2, 0.25) is 0 Å². The van der Waals surface area contributed by atoms with E-state index in [2.05, 4.69) is 11.9 Å².